The molecule has 0 aromatic rings. The molecule has 0 aromatic carbocycles. The molecule has 0 bridgehead atoms. The highest BCUT2D eigenvalue weighted by molar-refractivity contribution is 5.82. The van der Waals surface area contributed by atoms with Crippen molar-refractivity contribution < 1.29 is 19.1 Å². The number of nitrogens with one attached hydrogen (secondary N) is 2. The molecule has 1 saturated heterocycles. The van der Waals surface area contributed by atoms with Crippen LogP contribution in [0.2, 0.25) is 0 Å². The number of morpholine rings is 1. The van der Waals surface area contributed by atoms with Crippen LogP contribution >= 0.6 is 0 Å². The summed E-state index contributed by atoms with van der Waals surface area (Å²) in [6.45, 7) is 6.24. The molecule has 1 fully saturated rings. The van der Waals surface area contributed by atoms with Gasteiger partial charge in [-0.15, -0.1) is 6.58 Å². The van der Waals surface area contributed by atoms with Gasteiger partial charge in [-0.1, -0.05) is 6.08 Å². The molecule has 1 aliphatic heterocycles. The summed E-state index contributed by atoms with van der Waals surface area (Å²) in [6.07, 6.45) is 1.35. The van der Waals surface area contributed by atoms with Crippen molar-refractivity contribution in [2.24, 2.45) is 0 Å². The van der Waals surface area contributed by atoms with Crippen molar-refractivity contribution >= 4 is 12.4 Å². The van der Waals surface area contributed by atoms with Crippen LogP contribution in [0.25, 0.3) is 0 Å². The van der Waals surface area contributed by atoms with Crippen molar-refractivity contribution in [3.05, 3.63) is 12.7 Å². The second kappa shape index (κ2) is 7.07. The molecule has 0 saturated carbocycles. The molecule has 90 valence electrons. The Balaban J connectivity index is 2.29. The summed E-state index contributed by atoms with van der Waals surface area (Å²) >= 11 is 0. The first-order valence-electron chi connectivity index (χ1n) is 4.88. The average Bonchev–Trinajstić information content (AvgIpc) is 2.31. The first-order chi connectivity index (χ1) is 7.77. The van der Waals surface area contributed by atoms with E-state index in [1.54, 1.807) is 0 Å². The van der Waals surface area contributed by atoms with Gasteiger partial charge in [0.25, 0.3) is 0 Å². The van der Waals surface area contributed by atoms with E-state index in [-0.39, 0.29) is 6.47 Å². The first kappa shape index (κ1) is 12.8. The van der Waals surface area contributed by atoms with Crippen molar-refractivity contribution in [3.8, 4) is 0 Å². The maximum atomic E-state index is 11.2. The zero-order chi connectivity index (χ0) is 11.8. The van der Waals surface area contributed by atoms with E-state index in [9.17, 15) is 9.59 Å². The molecule has 1 heterocycles. The Morgan fingerprint density at radius 2 is 2.19 bits per heavy atom. The van der Waals surface area contributed by atoms with Gasteiger partial charge in [0, 0.05) is 13.1 Å². The van der Waals surface area contributed by atoms with Crippen LogP contribution in [-0.4, -0.2) is 49.8 Å². The largest absolute Gasteiger partial charge is 0.394 e. The van der Waals surface area contributed by atoms with Gasteiger partial charge in [0.2, 0.25) is 0 Å². The monoisotopic (exact) mass is 229 g/mol. The lowest BCUT2D eigenvalue weighted by atomic mass is 10.3. The first-order valence-corrected chi connectivity index (χ1v) is 4.88. The van der Waals surface area contributed by atoms with Crippen LogP contribution in [0.3, 0.4) is 0 Å². The number of esters is 1. The Hall–Kier alpha value is -1.28. The lowest BCUT2D eigenvalue weighted by Crippen LogP contribution is -2.56. The number of carbonyl (C=O) groups is 2. The van der Waals surface area contributed by atoms with Gasteiger partial charge in [-0.2, -0.15) is 5.53 Å². The van der Waals surface area contributed by atoms with Crippen molar-refractivity contribution in [2.45, 2.75) is 6.04 Å². The molecule has 1 aliphatic rings. The molecule has 1 rings (SSSR count). The van der Waals surface area contributed by atoms with Gasteiger partial charge in [0.05, 0.1) is 13.2 Å². The highest BCUT2D eigenvalue weighted by atomic mass is 16.6. The summed E-state index contributed by atoms with van der Waals surface area (Å²) in [7, 11) is 0. The molecule has 1 atom stereocenters. The number of hydrogen-bond acceptors (Lipinski definition) is 7. The quantitative estimate of drug-likeness (QED) is 0.190. The summed E-state index contributed by atoms with van der Waals surface area (Å²) in [4.78, 5) is 21.2. The third-order valence-electron chi connectivity index (χ3n) is 2.04. The summed E-state index contributed by atoms with van der Waals surface area (Å²) in [5.41, 5.74) is 5.52. The molecule has 7 nitrogen and oxygen atoms in total. The Morgan fingerprint density at radius 1 is 1.50 bits per heavy atom. The van der Waals surface area contributed by atoms with E-state index in [0.717, 1.165) is 0 Å². The molecule has 0 spiro atoms. The van der Waals surface area contributed by atoms with E-state index >= 15 is 0 Å². The number of hydrazine groups is 2. The molecule has 0 amide bonds. The standard InChI is InChI=1S/C9H15N3O4/c1-2-8(9(14)16-7-13)10-11-12-3-5-15-6-4-12/h2,7-8,10-11H,1,3-6H2. The summed E-state index contributed by atoms with van der Waals surface area (Å²) in [6, 6.07) is -0.770. The van der Waals surface area contributed by atoms with Gasteiger partial charge >= 0.3 is 12.4 Å². The van der Waals surface area contributed by atoms with E-state index < -0.39 is 12.0 Å². The molecule has 7 heteroatoms. The van der Waals surface area contributed by atoms with Crippen molar-refractivity contribution in [1.82, 2.24) is 16.0 Å². The van der Waals surface area contributed by atoms with Crippen LogP contribution in [0.4, 0.5) is 0 Å². The molecule has 16 heavy (non-hydrogen) atoms. The predicted molar refractivity (Wildman–Crippen MR) is 54.8 cm³/mol. The molecule has 0 aromatic heterocycles. The number of hydrogen-bond donors (Lipinski definition) is 2. The number of nitrogens with zero attached hydrogens (tertiary/aromatic N) is 1. The minimum atomic E-state index is -0.770. The highest BCUT2D eigenvalue weighted by Crippen LogP contribution is 1.92. The molecule has 0 aliphatic carbocycles. The van der Waals surface area contributed by atoms with Gasteiger partial charge in [0.1, 0.15) is 6.04 Å². The molecular weight excluding hydrogens is 214 g/mol. The maximum absolute atomic E-state index is 11.2. The number of rotatable bonds is 6. The zero-order valence-electron chi connectivity index (χ0n) is 8.85. The van der Waals surface area contributed by atoms with Crippen molar-refractivity contribution in [3.63, 3.8) is 0 Å². The Morgan fingerprint density at radius 3 is 2.75 bits per heavy atom. The van der Waals surface area contributed by atoms with Crippen LogP contribution in [0.1, 0.15) is 0 Å². The molecule has 0 radical (unpaired) electrons. The Bertz CT molecular complexity index is 253. The second-order valence-electron chi connectivity index (χ2n) is 3.10. The zero-order valence-corrected chi connectivity index (χ0v) is 8.85. The minimum Gasteiger partial charge on any atom is -0.394 e. The van der Waals surface area contributed by atoms with Gasteiger partial charge < -0.3 is 9.47 Å². The molecule has 1 unspecified atom stereocenters. The Labute approximate surface area is 93.3 Å². The second-order valence-corrected chi connectivity index (χ2v) is 3.10. The fourth-order valence-electron chi connectivity index (χ4n) is 1.17. The number of carbonyl (C=O) groups excluding carboxylic acids is 2. The third kappa shape index (κ3) is 4.07. The molecular formula is C9H15N3O4. The number of ether oxygens (including phenoxy) is 2. The topological polar surface area (TPSA) is 79.9 Å². The lowest BCUT2D eigenvalue weighted by molar-refractivity contribution is -0.152. The lowest BCUT2D eigenvalue weighted by Gasteiger charge is -2.28. The van der Waals surface area contributed by atoms with Crippen LogP contribution in [0.5, 0.6) is 0 Å². The van der Waals surface area contributed by atoms with E-state index in [2.05, 4.69) is 22.3 Å². The van der Waals surface area contributed by atoms with E-state index in [0.29, 0.717) is 26.3 Å². The third-order valence-corrected chi connectivity index (χ3v) is 2.04. The summed E-state index contributed by atoms with van der Waals surface area (Å²) < 4.78 is 9.35. The van der Waals surface area contributed by atoms with Gasteiger partial charge in [-0.25, -0.2) is 15.2 Å². The minimum absolute atomic E-state index is 0.0925. The highest BCUT2D eigenvalue weighted by Gasteiger charge is 2.17. The van der Waals surface area contributed by atoms with Crippen LogP contribution in [0.15, 0.2) is 12.7 Å². The van der Waals surface area contributed by atoms with E-state index in [1.807, 2.05) is 5.01 Å². The van der Waals surface area contributed by atoms with Crippen LogP contribution < -0.4 is 11.0 Å². The van der Waals surface area contributed by atoms with E-state index in [4.69, 9.17) is 4.74 Å². The van der Waals surface area contributed by atoms with Crippen LogP contribution in [0, 0.1) is 0 Å². The van der Waals surface area contributed by atoms with Gasteiger partial charge in [-0.05, 0) is 0 Å². The van der Waals surface area contributed by atoms with E-state index in [1.165, 1.54) is 6.08 Å². The summed E-state index contributed by atoms with van der Waals surface area (Å²) in [5, 5.41) is 1.86. The fourth-order valence-corrected chi connectivity index (χ4v) is 1.17. The molecule has 2 N–H and O–H groups in total. The average molecular weight is 229 g/mol. The fraction of sp³-hybridized carbons (Fsp3) is 0.556. The van der Waals surface area contributed by atoms with Crippen molar-refractivity contribution in [1.29, 1.82) is 0 Å². The maximum Gasteiger partial charge on any atom is 0.335 e. The summed E-state index contributed by atoms with van der Waals surface area (Å²) in [5.74, 6) is -0.703. The van der Waals surface area contributed by atoms with Crippen LogP contribution in [-0.2, 0) is 19.1 Å². The van der Waals surface area contributed by atoms with Crippen molar-refractivity contribution in [2.75, 3.05) is 26.3 Å². The normalized spacial score (nSPS) is 18.8. The van der Waals surface area contributed by atoms with Gasteiger partial charge in [0.15, 0.2) is 0 Å². The smallest absolute Gasteiger partial charge is 0.335 e. The SMILES string of the molecule is C=CC(NNN1CCOCC1)C(=O)OC=O. The predicted octanol–water partition coefficient (Wildman–Crippen LogP) is -1.42. The van der Waals surface area contributed by atoms with Gasteiger partial charge in [-0.3, -0.25) is 4.79 Å². The Kier molecular flexibility index (Phi) is 5.65.